The van der Waals surface area contributed by atoms with E-state index in [-0.39, 0.29) is 5.91 Å². The highest BCUT2D eigenvalue weighted by Crippen LogP contribution is 2.15. The number of benzene rings is 1. The molecule has 2 aromatic rings. The molecule has 2 heterocycles. The third kappa shape index (κ3) is 4.82. The van der Waals surface area contributed by atoms with Gasteiger partial charge in [-0.05, 0) is 25.0 Å². The highest BCUT2D eigenvalue weighted by atomic mass is 16.2. The molecule has 1 unspecified atom stereocenters. The summed E-state index contributed by atoms with van der Waals surface area (Å²) in [6.07, 6.45) is 4.47. The van der Waals surface area contributed by atoms with E-state index < -0.39 is 0 Å². The van der Waals surface area contributed by atoms with Crippen LogP contribution in [0.3, 0.4) is 0 Å². The molecule has 1 aliphatic heterocycles. The van der Waals surface area contributed by atoms with Crippen molar-refractivity contribution < 1.29 is 4.79 Å². The minimum Gasteiger partial charge on any atom is -0.381 e. The van der Waals surface area contributed by atoms with Crippen LogP contribution in [0.2, 0.25) is 0 Å². The maximum absolute atomic E-state index is 12.8. The van der Waals surface area contributed by atoms with Crippen molar-refractivity contribution in [1.82, 2.24) is 14.8 Å². The molecule has 0 aliphatic carbocycles. The summed E-state index contributed by atoms with van der Waals surface area (Å²) in [5.41, 5.74) is 2.89. The predicted molar refractivity (Wildman–Crippen MR) is 105 cm³/mol. The van der Waals surface area contributed by atoms with Crippen molar-refractivity contribution in [3.05, 3.63) is 59.9 Å². The molecule has 0 radical (unpaired) electrons. The van der Waals surface area contributed by atoms with Crippen LogP contribution in [-0.4, -0.2) is 52.9 Å². The van der Waals surface area contributed by atoms with Gasteiger partial charge in [-0.15, -0.1) is 0 Å². The highest BCUT2D eigenvalue weighted by Gasteiger charge is 2.22. The Morgan fingerprint density at radius 3 is 2.58 bits per heavy atom. The molecule has 0 saturated carbocycles. The zero-order valence-electron chi connectivity index (χ0n) is 15.7. The molecule has 5 nitrogen and oxygen atoms in total. The minimum atomic E-state index is 0.0738. The van der Waals surface area contributed by atoms with Crippen LogP contribution in [0.4, 0.5) is 5.69 Å². The average molecular weight is 352 g/mol. The van der Waals surface area contributed by atoms with Crippen LogP contribution in [-0.2, 0) is 6.54 Å². The molecule has 1 aliphatic rings. The van der Waals surface area contributed by atoms with Crippen LogP contribution in [0.1, 0.15) is 36.2 Å². The first-order valence-corrected chi connectivity index (χ1v) is 9.43. The number of hydrogen-bond donors (Lipinski definition) is 1. The molecule has 0 spiro atoms. The molecule has 1 fully saturated rings. The van der Waals surface area contributed by atoms with Gasteiger partial charge in [0.1, 0.15) is 0 Å². The number of amides is 1. The Hall–Kier alpha value is -2.40. The molecule has 1 aromatic carbocycles. The number of nitrogens with one attached hydrogen (secondary N) is 1. The van der Waals surface area contributed by atoms with Crippen molar-refractivity contribution in [2.45, 2.75) is 32.9 Å². The lowest BCUT2D eigenvalue weighted by Crippen LogP contribution is -2.48. The SMILES string of the molecule is CCC(C)Nc1cncc(C(=O)N2CCN(Cc3ccccc3)CC2)c1. The Balaban J connectivity index is 1.56. The molecule has 1 amide bonds. The first-order valence-electron chi connectivity index (χ1n) is 9.43. The Kier molecular flexibility index (Phi) is 6.23. The highest BCUT2D eigenvalue weighted by molar-refractivity contribution is 5.94. The first-order chi connectivity index (χ1) is 12.7. The van der Waals surface area contributed by atoms with Crippen molar-refractivity contribution in [2.75, 3.05) is 31.5 Å². The van der Waals surface area contributed by atoms with Crippen molar-refractivity contribution in [1.29, 1.82) is 0 Å². The van der Waals surface area contributed by atoms with Crippen LogP contribution >= 0.6 is 0 Å². The zero-order chi connectivity index (χ0) is 18.4. The summed E-state index contributed by atoms with van der Waals surface area (Å²) in [5.74, 6) is 0.0738. The van der Waals surface area contributed by atoms with E-state index in [2.05, 4.69) is 53.3 Å². The summed E-state index contributed by atoms with van der Waals surface area (Å²) in [6.45, 7) is 8.52. The lowest BCUT2D eigenvalue weighted by Gasteiger charge is -2.34. The number of aromatic nitrogens is 1. The van der Waals surface area contributed by atoms with Crippen molar-refractivity contribution >= 4 is 11.6 Å². The number of anilines is 1. The Bertz CT molecular complexity index is 711. The maximum atomic E-state index is 12.8. The number of nitrogens with zero attached hydrogens (tertiary/aromatic N) is 3. The third-order valence-corrected chi connectivity index (χ3v) is 4.92. The minimum absolute atomic E-state index is 0.0738. The van der Waals surface area contributed by atoms with Crippen LogP contribution in [0.15, 0.2) is 48.8 Å². The van der Waals surface area contributed by atoms with Crippen LogP contribution in [0.5, 0.6) is 0 Å². The number of carbonyl (C=O) groups excluding carboxylic acids is 1. The van der Waals surface area contributed by atoms with Gasteiger partial charge in [0.15, 0.2) is 0 Å². The molecule has 1 saturated heterocycles. The predicted octanol–water partition coefficient (Wildman–Crippen LogP) is 3.25. The summed E-state index contributed by atoms with van der Waals surface area (Å²) < 4.78 is 0. The Morgan fingerprint density at radius 2 is 1.88 bits per heavy atom. The van der Waals surface area contributed by atoms with E-state index >= 15 is 0 Å². The quantitative estimate of drug-likeness (QED) is 0.867. The molecule has 1 atom stereocenters. The Morgan fingerprint density at radius 1 is 1.15 bits per heavy atom. The summed E-state index contributed by atoms with van der Waals surface area (Å²) in [7, 11) is 0. The number of hydrogen-bond acceptors (Lipinski definition) is 4. The van der Waals surface area contributed by atoms with Gasteiger partial charge in [-0.25, -0.2) is 0 Å². The number of piperazine rings is 1. The normalized spacial score (nSPS) is 16.3. The third-order valence-electron chi connectivity index (χ3n) is 4.92. The topological polar surface area (TPSA) is 48.5 Å². The average Bonchev–Trinajstić information content (AvgIpc) is 2.69. The summed E-state index contributed by atoms with van der Waals surface area (Å²) in [6, 6.07) is 12.8. The number of rotatable bonds is 6. The lowest BCUT2D eigenvalue weighted by atomic mass is 10.1. The van der Waals surface area contributed by atoms with Crippen molar-refractivity contribution in [3.63, 3.8) is 0 Å². The van der Waals surface area contributed by atoms with Crippen LogP contribution in [0.25, 0.3) is 0 Å². The fourth-order valence-corrected chi connectivity index (χ4v) is 3.16. The van der Waals surface area contributed by atoms with E-state index in [0.717, 1.165) is 44.8 Å². The van der Waals surface area contributed by atoms with Gasteiger partial charge < -0.3 is 10.2 Å². The standard InChI is InChI=1S/C21H28N4O/c1-3-17(2)23-20-13-19(14-22-15-20)21(26)25-11-9-24(10-12-25)16-18-7-5-4-6-8-18/h4-8,13-15,17,23H,3,9-12,16H2,1-2H3. The molecular weight excluding hydrogens is 324 g/mol. The van der Waals surface area contributed by atoms with E-state index in [0.29, 0.717) is 11.6 Å². The van der Waals surface area contributed by atoms with E-state index in [1.54, 1.807) is 12.4 Å². The van der Waals surface area contributed by atoms with Crippen molar-refractivity contribution in [2.24, 2.45) is 0 Å². The molecule has 5 heteroatoms. The van der Waals surface area contributed by atoms with Gasteiger partial charge in [-0.2, -0.15) is 0 Å². The van der Waals surface area contributed by atoms with E-state index in [9.17, 15) is 4.79 Å². The molecule has 3 rings (SSSR count). The molecule has 1 N–H and O–H groups in total. The van der Waals surface area contributed by atoms with Crippen LogP contribution in [0, 0.1) is 0 Å². The van der Waals surface area contributed by atoms with Gasteiger partial charge >= 0.3 is 0 Å². The fourth-order valence-electron chi connectivity index (χ4n) is 3.16. The van der Waals surface area contributed by atoms with Gasteiger partial charge in [0.05, 0.1) is 11.3 Å². The molecule has 0 bridgehead atoms. The smallest absolute Gasteiger partial charge is 0.255 e. The second-order valence-electron chi connectivity index (χ2n) is 6.97. The Labute approximate surface area is 156 Å². The lowest BCUT2D eigenvalue weighted by molar-refractivity contribution is 0.0628. The maximum Gasteiger partial charge on any atom is 0.255 e. The number of pyridine rings is 1. The van der Waals surface area contributed by atoms with Gasteiger partial charge in [-0.1, -0.05) is 37.3 Å². The number of carbonyl (C=O) groups is 1. The summed E-state index contributed by atoms with van der Waals surface area (Å²) >= 11 is 0. The van der Waals surface area contributed by atoms with Gasteiger partial charge in [0, 0.05) is 51.2 Å². The fraction of sp³-hybridized carbons (Fsp3) is 0.429. The van der Waals surface area contributed by atoms with Gasteiger partial charge in [-0.3, -0.25) is 14.7 Å². The summed E-state index contributed by atoms with van der Waals surface area (Å²) in [4.78, 5) is 21.4. The monoisotopic (exact) mass is 352 g/mol. The second kappa shape index (κ2) is 8.81. The molecular formula is C21H28N4O. The molecule has 26 heavy (non-hydrogen) atoms. The van der Waals surface area contributed by atoms with E-state index in [4.69, 9.17) is 0 Å². The molecule has 138 valence electrons. The first kappa shape index (κ1) is 18.4. The van der Waals surface area contributed by atoms with Gasteiger partial charge in [0.2, 0.25) is 0 Å². The van der Waals surface area contributed by atoms with Crippen molar-refractivity contribution in [3.8, 4) is 0 Å². The van der Waals surface area contributed by atoms with E-state index in [1.165, 1.54) is 5.56 Å². The molecule has 1 aromatic heterocycles. The van der Waals surface area contributed by atoms with Crippen LogP contribution < -0.4 is 5.32 Å². The second-order valence-corrected chi connectivity index (χ2v) is 6.97. The largest absolute Gasteiger partial charge is 0.381 e. The summed E-state index contributed by atoms with van der Waals surface area (Å²) in [5, 5.41) is 3.38. The van der Waals surface area contributed by atoms with Gasteiger partial charge in [0.25, 0.3) is 5.91 Å². The zero-order valence-corrected chi connectivity index (χ0v) is 15.7. The van der Waals surface area contributed by atoms with E-state index in [1.807, 2.05) is 17.0 Å².